The number of rotatable bonds is 6. The fourth-order valence-electron chi connectivity index (χ4n) is 2.41. The number of hydrogen-bond acceptors (Lipinski definition) is 4. The molecule has 1 atom stereocenters. The lowest BCUT2D eigenvalue weighted by Gasteiger charge is -2.18. The maximum Gasteiger partial charge on any atom is 0.307 e. The summed E-state index contributed by atoms with van der Waals surface area (Å²) in [5.41, 5.74) is 9.57. The zero-order valence-electron chi connectivity index (χ0n) is 13.9. The van der Waals surface area contributed by atoms with E-state index in [1.165, 1.54) is 12.7 Å². The number of benzene rings is 2. The molecule has 5 nitrogen and oxygen atoms in total. The van der Waals surface area contributed by atoms with Crippen LogP contribution in [0.15, 0.2) is 48.5 Å². The number of hydrogen-bond donors (Lipinski definition) is 2. The molecular weight excluding hydrogens is 304 g/mol. The molecule has 0 aliphatic rings. The van der Waals surface area contributed by atoms with Gasteiger partial charge in [-0.2, -0.15) is 0 Å². The lowest BCUT2D eigenvalue weighted by molar-refractivity contribution is -0.141. The van der Waals surface area contributed by atoms with Gasteiger partial charge in [0, 0.05) is 0 Å². The first-order valence-corrected chi connectivity index (χ1v) is 7.76. The molecule has 0 aliphatic carbocycles. The van der Waals surface area contributed by atoms with Gasteiger partial charge >= 0.3 is 5.97 Å². The van der Waals surface area contributed by atoms with Crippen molar-refractivity contribution in [1.82, 2.24) is 5.32 Å². The largest absolute Gasteiger partial charge is 0.469 e. The molecule has 0 spiro atoms. The molecule has 0 radical (unpaired) electrons. The maximum absolute atomic E-state index is 11.6. The van der Waals surface area contributed by atoms with Crippen molar-refractivity contribution in [1.29, 1.82) is 0 Å². The normalized spacial score (nSPS) is 11.6. The minimum atomic E-state index is -0.458. The Morgan fingerprint density at radius 3 is 2.08 bits per heavy atom. The molecule has 0 aliphatic heterocycles. The van der Waals surface area contributed by atoms with Crippen molar-refractivity contribution >= 4 is 11.9 Å². The van der Waals surface area contributed by atoms with Gasteiger partial charge in [-0.3, -0.25) is 9.59 Å². The third-order valence-corrected chi connectivity index (χ3v) is 3.82. The van der Waals surface area contributed by atoms with Crippen molar-refractivity contribution in [2.75, 3.05) is 13.7 Å². The lowest BCUT2D eigenvalue weighted by atomic mass is 9.98. The second kappa shape index (κ2) is 8.26. The van der Waals surface area contributed by atoms with Crippen molar-refractivity contribution in [3.05, 3.63) is 59.7 Å². The molecule has 0 aromatic heterocycles. The number of esters is 1. The first kappa shape index (κ1) is 17.7. The minimum Gasteiger partial charge on any atom is -0.469 e. The van der Waals surface area contributed by atoms with Crippen molar-refractivity contribution in [3.8, 4) is 11.1 Å². The molecule has 126 valence electrons. The van der Waals surface area contributed by atoms with Crippen LogP contribution in [0, 0.1) is 6.92 Å². The van der Waals surface area contributed by atoms with Crippen molar-refractivity contribution in [3.63, 3.8) is 0 Å². The van der Waals surface area contributed by atoms with Crippen LogP contribution in [-0.4, -0.2) is 25.5 Å². The van der Waals surface area contributed by atoms with E-state index in [1.807, 2.05) is 31.2 Å². The number of carbonyl (C=O) groups is 2. The van der Waals surface area contributed by atoms with Gasteiger partial charge < -0.3 is 15.8 Å². The first-order chi connectivity index (χ1) is 11.5. The van der Waals surface area contributed by atoms with E-state index in [4.69, 9.17) is 10.5 Å². The quantitative estimate of drug-likeness (QED) is 0.798. The molecular formula is C19H22N2O3. The van der Waals surface area contributed by atoms with E-state index in [0.29, 0.717) is 0 Å². The lowest BCUT2D eigenvalue weighted by Crippen LogP contribution is -2.35. The Morgan fingerprint density at radius 1 is 1.04 bits per heavy atom. The highest BCUT2D eigenvalue weighted by Crippen LogP contribution is 2.24. The monoisotopic (exact) mass is 326 g/mol. The summed E-state index contributed by atoms with van der Waals surface area (Å²) in [6, 6.07) is 15.5. The van der Waals surface area contributed by atoms with Crippen LogP contribution in [0.25, 0.3) is 11.1 Å². The van der Waals surface area contributed by atoms with Crippen LogP contribution in [0.4, 0.5) is 0 Å². The molecule has 0 saturated heterocycles. The average molecular weight is 326 g/mol. The number of nitrogens with two attached hydrogens (primary N) is 1. The zero-order chi connectivity index (χ0) is 17.5. The Kier molecular flexibility index (Phi) is 6.09. The zero-order valence-corrected chi connectivity index (χ0v) is 13.9. The Bertz CT molecular complexity index is 676. The highest BCUT2D eigenvalue weighted by molar-refractivity contribution is 5.79. The molecule has 2 aromatic rings. The fraction of sp³-hybridized carbons (Fsp3) is 0.263. The van der Waals surface area contributed by atoms with Gasteiger partial charge in [-0.25, -0.2) is 0 Å². The number of nitrogens with one attached hydrogen (secondary N) is 1. The summed E-state index contributed by atoms with van der Waals surface area (Å²) in [5, 5.41) is 2.75. The molecule has 2 aromatic carbocycles. The topological polar surface area (TPSA) is 81.4 Å². The predicted molar refractivity (Wildman–Crippen MR) is 93.2 cm³/mol. The van der Waals surface area contributed by atoms with Gasteiger partial charge in [-0.05, 0) is 23.6 Å². The molecule has 0 saturated carbocycles. The van der Waals surface area contributed by atoms with Crippen LogP contribution in [0.3, 0.4) is 0 Å². The van der Waals surface area contributed by atoms with E-state index in [0.717, 1.165) is 16.7 Å². The number of aryl methyl sites for hydroxylation is 1. The van der Waals surface area contributed by atoms with Crippen molar-refractivity contribution in [2.45, 2.75) is 19.4 Å². The molecule has 2 rings (SSSR count). The highest BCUT2D eigenvalue weighted by Gasteiger charge is 2.18. The summed E-state index contributed by atoms with van der Waals surface area (Å²) in [6.07, 6.45) is 0.0616. The third kappa shape index (κ3) is 4.67. The molecule has 0 bridgehead atoms. The summed E-state index contributed by atoms with van der Waals surface area (Å²) >= 11 is 0. The molecule has 1 unspecified atom stereocenters. The van der Waals surface area contributed by atoms with Gasteiger partial charge in [0.1, 0.15) is 0 Å². The standard InChI is InChI=1S/C19H22N2O3/c1-13-3-5-14(6-4-13)15-7-9-16(10-8-15)17(11-19(23)24-2)21-18(22)12-20/h3-10,17H,11-12,20H2,1-2H3,(H,21,22). The molecule has 1 amide bonds. The number of methoxy groups -OCH3 is 1. The van der Waals surface area contributed by atoms with Crippen LogP contribution in [0.2, 0.25) is 0 Å². The summed E-state index contributed by atoms with van der Waals surface area (Å²) in [6.45, 7) is 1.92. The van der Waals surface area contributed by atoms with E-state index in [-0.39, 0.29) is 24.8 Å². The Morgan fingerprint density at radius 2 is 1.58 bits per heavy atom. The molecule has 0 heterocycles. The molecule has 3 N–H and O–H groups in total. The molecule has 0 fully saturated rings. The third-order valence-electron chi connectivity index (χ3n) is 3.82. The Hall–Kier alpha value is -2.66. The summed E-state index contributed by atoms with van der Waals surface area (Å²) in [4.78, 5) is 23.2. The molecule has 5 heteroatoms. The van der Waals surface area contributed by atoms with E-state index in [2.05, 4.69) is 29.6 Å². The number of amides is 1. The second-order valence-electron chi connectivity index (χ2n) is 5.59. The SMILES string of the molecule is COC(=O)CC(NC(=O)CN)c1ccc(-c2ccc(C)cc2)cc1. The van der Waals surface area contributed by atoms with Crippen molar-refractivity contribution in [2.24, 2.45) is 5.73 Å². The smallest absolute Gasteiger partial charge is 0.307 e. The van der Waals surface area contributed by atoms with Gasteiger partial charge in [0.05, 0.1) is 26.1 Å². The van der Waals surface area contributed by atoms with Gasteiger partial charge in [0.15, 0.2) is 0 Å². The minimum absolute atomic E-state index is 0.0616. The van der Waals surface area contributed by atoms with Crippen LogP contribution in [0.5, 0.6) is 0 Å². The van der Waals surface area contributed by atoms with Crippen LogP contribution >= 0.6 is 0 Å². The number of ether oxygens (including phenoxy) is 1. The van der Waals surface area contributed by atoms with Crippen molar-refractivity contribution < 1.29 is 14.3 Å². The van der Waals surface area contributed by atoms with E-state index < -0.39 is 6.04 Å². The first-order valence-electron chi connectivity index (χ1n) is 7.76. The van der Waals surface area contributed by atoms with Gasteiger partial charge in [-0.15, -0.1) is 0 Å². The van der Waals surface area contributed by atoms with Crippen LogP contribution in [0.1, 0.15) is 23.6 Å². The van der Waals surface area contributed by atoms with E-state index in [9.17, 15) is 9.59 Å². The summed E-state index contributed by atoms with van der Waals surface area (Å²) in [7, 11) is 1.32. The highest BCUT2D eigenvalue weighted by atomic mass is 16.5. The van der Waals surface area contributed by atoms with Crippen LogP contribution in [-0.2, 0) is 14.3 Å². The Labute approximate surface area is 141 Å². The average Bonchev–Trinajstić information content (AvgIpc) is 2.61. The van der Waals surface area contributed by atoms with Gasteiger partial charge in [-0.1, -0.05) is 54.1 Å². The van der Waals surface area contributed by atoms with Gasteiger partial charge in [0.25, 0.3) is 0 Å². The maximum atomic E-state index is 11.6. The molecule has 24 heavy (non-hydrogen) atoms. The summed E-state index contributed by atoms with van der Waals surface area (Å²) < 4.78 is 4.70. The van der Waals surface area contributed by atoms with E-state index >= 15 is 0 Å². The van der Waals surface area contributed by atoms with Gasteiger partial charge in [0.2, 0.25) is 5.91 Å². The van der Waals surface area contributed by atoms with Crippen LogP contribution < -0.4 is 11.1 Å². The second-order valence-corrected chi connectivity index (χ2v) is 5.59. The summed E-state index contributed by atoms with van der Waals surface area (Å²) in [5.74, 6) is -0.702. The van der Waals surface area contributed by atoms with E-state index in [1.54, 1.807) is 0 Å². The Balaban J connectivity index is 2.21. The predicted octanol–water partition coefficient (Wildman–Crippen LogP) is 2.34. The fourth-order valence-corrected chi connectivity index (χ4v) is 2.41. The number of carbonyl (C=O) groups excluding carboxylic acids is 2.